The van der Waals surface area contributed by atoms with E-state index in [2.05, 4.69) is 129 Å². The third-order valence-corrected chi connectivity index (χ3v) is 14.9. The summed E-state index contributed by atoms with van der Waals surface area (Å²) in [6, 6.07) is 26.6. The molecule has 0 saturated carbocycles. The minimum Gasteiger partial charge on any atom is -0.497 e. The number of hydrogen-bond acceptors (Lipinski definition) is 3. The molecule has 1 aliphatic rings. The predicted molar refractivity (Wildman–Crippen MR) is 294 cm³/mol. The Labute approximate surface area is 438 Å². The van der Waals surface area contributed by atoms with E-state index in [-0.39, 0.29) is 6.29 Å². The number of nitrogens with zero attached hydrogens (tertiary/aromatic N) is 4. The van der Waals surface area contributed by atoms with Gasteiger partial charge in [0.25, 0.3) is 0 Å². The second kappa shape index (κ2) is 36.5. The zero-order valence-corrected chi connectivity index (χ0v) is 45.3. The monoisotopic (exact) mass is 983 g/mol. The number of ether oxygens (including phenoxy) is 3. The molecule has 0 amide bonds. The van der Waals surface area contributed by atoms with Crippen molar-refractivity contribution in [3.63, 3.8) is 0 Å². The molecule has 1 unspecified atom stereocenters. The van der Waals surface area contributed by atoms with Crippen LogP contribution in [0.4, 0.5) is 0 Å². The quantitative estimate of drug-likeness (QED) is 0.0290. The number of unbranched alkanes of at least 4 members (excludes halogenated alkanes) is 20. The van der Waals surface area contributed by atoms with Crippen molar-refractivity contribution < 1.29 is 32.5 Å². The molecule has 0 bridgehead atoms. The molecule has 1 fully saturated rings. The van der Waals surface area contributed by atoms with Crippen LogP contribution in [0.2, 0.25) is 0 Å². The molecule has 72 heavy (non-hydrogen) atoms. The standard InChI is InChI=1S/C65H98N4O3/c1-70-64-43-41-63(42-44-64)58-69-51-31-39-62(57-69)35-21-12-4-8-16-25-47-67-49-29-37-60(55-67)33-19-10-2-6-14-23-45-66-48-28-36-59(54-66)32-18-11-3-7-15-24-46-68-50-30-38-61(56-68)34-20-13-5-9-17-26-52-71-65-40-22-27-53-72-65/h28-31,36-39,41-44,48-51,54-57,65H,2-27,32-35,40,45-47,52-53,58H2,1H3/q+4. The SMILES string of the molecule is COc1ccc(C[n+]2cccc(CCCCCCCC[n+]3cccc(CCCCCCCC[n+]4cccc(CCCCCCCC[n+]5cccc(CCCCCCCCOC6CCCCO6)c5)c4)c3)c2)cc1. The van der Waals surface area contributed by atoms with Crippen LogP contribution in [0.15, 0.2) is 122 Å². The molecule has 1 saturated heterocycles. The second-order valence-electron chi connectivity index (χ2n) is 21.2. The lowest BCUT2D eigenvalue weighted by Gasteiger charge is -2.22. The molecule has 7 nitrogen and oxygen atoms in total. The minimum absolute atomic E-state index is 0.0666. The topological polar surface area (TPSA) is 43.2 Å². The molecule has 1 aromatic carbocycles. The normalized spacial score (nSPS) is 13.7. The van der Waals surface area contributed by atoms with Crippen LogP contribution in [0.5, 0.6) is 5.75 Å². The van der Waals surface area contributed by atoms with Crippen molar-refractivity contribution >= 4 is 0 Å². The summed E-state index contributed by atoms with van der Waals surface area (Å²) in [6.45, 7) is 6.06. The van der Waals surface area contributed by atoms with Gasteiger partial charge in [-0.1, -0.05) is 83.5 Å². The summed E-state index contributed by atoms with van der Waals surface area (Å²) in [5.74, 6) is 0.910. The molecule has 0 spiro atoms. The smallest absolute Gasteiger partial charge is 0.173 e. The Morgan fingerprint density at radius 3 is 1.18 bits per heavy atom. The molecule has 1 aliphatic heterocycles. The van der Waals surface area contributed by atoms with Crippen molar-refractivity contribution in [1.29, 1.82) is 0 Å². The molecule has 6 rings (SSSR count). The number of hydrogen-bond donors (Lipinski definition) is 0. The van der Waals surface area contributed by atoms with E-state index >= 15 is 0 Å². The molecule has 5 heterocycles. The summed E-state index contributed by atoms with van der Waals surface area (Å²) in [5.41, 5.74) is 7.23. The van der Waals surface area contributed by atoms with E-state index in [0.717, 1.165) is 58.0 Å². The van der Waals surface area contributed by atoms with E-state index < -0.39 is 0 Å². The number of pyridine rings is 4. The fraction of sp³-hybridized carbons (Fsp3) is 0.600. The number of aryl methyl sites for hydroxylation is 7. The Kier molecular flexibility index (Phi) is 28.8. The maximum absolute atomic E-state index is 5.88. The van der Waals surface area contributed by atoms with Crippen LogP contribution in [0.3, 0.4) is 0 Å². The van der Waals surface area contributed by atoms with Gasteiger partial charge in [0, 0.05) is 84.6 Å². The Hall–Kier alpha value is -4.46. The van der Waals surface area contributed by atoms with Gasteiger partial charge in [0.1, 0.15) is 25.4 Å². The lowest BCUT2D eigenvalue weighted by atomic mass is 10.1. The van der Waals surface area contributed by atoms with Crippen molar-refractivity contribution in [3.8, 4) is 5.75 Å². The van der Waals surface area contributed by atoms with Crippen LogP contribution in [0, 0.1) is 0 Å². The third-order valence-electron chi connectivity index (χ3n) is 14.9. The predicted octanol–water partition coefficient (Wildman–Crippen LogP) is 14.1. The minimum atomic E-state index is 0.0666. The number of methoxy groups -OCH3 is 1. The highest BCUT2D eigenvalue weighted by molar-refractivity contribution is 5.26. The van der Waals surface area contributed by atoms with Gasteiger partial charge in [0.15, 0.2) is 62.4 Å². The summed E-state index contributed by atoms with van der Waals surface area (Å²) >= 11 is 0. The van der Waals surface area contributed by atoms with Crippen LogP contribution in [0.25, 0.3) is 0 Å². The van der Waals surface area contributed by atoms with Crippen molar-refractivity contribution in [2.24, 2.45) is 0 Å². The number of rotatable bonds is 40. The Morgan fingerprint density at radius 2 is 0.778 bits per heavy atom. The largest absolute Gasteiger partial charge is 0.497 e. The number of aromatic nitrogens is 4. The molecular weight excluding hydrogens is 885 g/mol. The van der Waals surface area contributed by atoms with Gasteiger partial charge in [-0.3, -0.25) is 0 Å². The zero-order valence-electron chi connectivity index (χ0n) is 45.3. The maximum Gasteiger partial charge on any atom is 0.173 e. The molecule has 392 valence electrons. The van der Waals surface area contributed by atoms with Crippen molar-refractivity contribution in [1.82, 2.24) is 0 Å². The van der Waals surface area contributed by atoms with Crippen LogP contribution >= 0.6 is 0 Å². The summed E-state index contributed by atoms with van der Waals surface area (Å²) < 4.78 is 26.4. The Balaban J connectivity index is 0.692. The summed E-state index contributed by atoms with van der Waals surface area (Å²) in [6.07, 6.45) is 58.4. The van der Waals surface area contributed by atoms with E-state index in [0.29, 0.717) is 0 Å². The first kappa shape index (κ1) is 56.8. The second-order valence-corrected chi connectivity index (χ2v) is 21.2. The first-order valence-electron chi connectivity index (χ1n) is 29.5. The first-order valence-corrected chi connectivity index (χ1v) is 29.5. The van der Waals surface area contributed by atoms with Crippen LogP contribution < -0.4 is 23.0 Å². The highest BCUT2D eigenvalue weighted by Gasteiger charge is 2.14. The summed E-state index contributed by atoms with van der Waals surface area (Å²) in [5, 5.41) is 0. The third kappa shape index (κ3) is 25.0. The van der Waals surface area contributed by atoms with E-state index in [9.17, 15) is 0 Å². The lowest BCUT2D eigenvalue weighted by molar-refractivity contribution is -0.697. The highest BCUT2D eigenvalue weighted by Crippen LogP contribution is 2.17. The average Bonchev–Trinajstić information content (AvgIpc) is 3.41. The van der Waals surface area contributed by atoms with Crippen molar-refractivity contribution in [2.45, 2.75) is 232 Å². The van der Waals surface area contributed by atoms with Gasteiger partial charge in [0.05, 0.1) is 7.11 Å². The van der Waals surface area contributed by atoms with Crippen molar-refractivity contribution in [3.05, 3.63) is 150 Å². The lowest BCUT2D eigenvalue weighted by Crippen LogP contribution is -2.33. The fourth-order valence-electron chi connectivity index (χ4n) is 10.5. The van der Waals surface area contributed by atoms with Gasteiger partial charge in [-0.2, -0.15) is 0 Å². The zero-order chi connectivity index (χ0) is 49.8. The van der Waals surface area contributed by atoms with E-state index in [1.165, 1.54) is 214 Å². The van der Waals surface area contributed by atoms with Crippen molar-refractivity contribution in [2.75, 3.05) is 20.3 Å². The Morgan fingerprint density at radius 1 is 0.403 bits per heavy atom. The molecule has 7 heteroatoms. The summed E-state index contributed by atoms with van der Waals surface area (Å²) in [7, 11) is 1.72. The van der Waals surface area contributed by atoms with Gasteiger partial charge in [-0.15, -0.1) is 0 Å². The maximum atomic E-state index is 5.88. The molecule has 5 aromatic rings. The van der Waals surface area contributed by atoms with E-state index in [1.54, 1.807) is 7.11 Å². The Bertz CT molecular complexity index is 2140. The summed E-state index contributed by atoms with van der Waals surface area (Å²) in [4.78, 5) is 0. The van der Waals surface area contributed by atoms with Gasteiger partial charge in [-0.05, 0) is 145 Å². The average molecular weight is 984 g/mol. The molecule has 1 atom stereocenters. The van der Waals surface area contributed by atoms with Gasteiger partial charge in [0.2, 0.25) is 0 Å². The van der Waals surface area contributed by atoms with Crippen LogP contribution in [-0.4, -0.2) is 26.6 Å². The van der Waals surface area contributed by atoms with E-state index in [4.69, 9.17) is 14.2 Å². The highest BCUT2D eigenvalue weighted by atomic mass is 16.7. The molecular formula is C65H98N4O3+4. The first-order chi connectivity index (χ1) is 35.7. The van der Waals surface area contributed by atoms with Gasteiger partial charge >= 0.3 is 0 Å². The fourth-order valence-corrected chi connectivity index (χ4v) is 10.5. The molecule has 0 radical (unpaired) electrons. The van der Waals surface area contributed by atoms with E-state index in [1.807, 2.05) is 12.1 Å². The van der Waals surface area contributed by atoms with Crippen LogP contribution in [-0.2, 0) is 61.3 Å². The molecule has 0 N–H and O–H groups in total. The number of benzene rings is 1. The van der Waals surface area contributed by atoms with Gasteiger partial charge in [-0.25, -0.2) is 18.3 Å². The van der Waals surface area contributed by atoms with Crippen LogP contribution in [0.1, 0.15) is 201 Å². The van der Waals surface area contributed by atoms with Gasteiger partial charge < -0.3 is 14.2 Å². The molecule has 4 aromatic heterocycles. The molecule has 0 aliphatic carbocycles.